The normalized spacial score (nSPS) is 15.1. The summed E-state index contributed by atoms with van der Waals surface area (Å²) in [4.78, 5) is 0.281. The van der Waals surface area contributed by atoms with Gasteiger partial charge in [0.15, 0.2) is 0 Å². The molecule has 0 amide bonds. The van der Waals surface area contributed by atoms with Crippen LogP contribution in [0.2, 0.25) is 0 Å². The molecule has 0 N–H and O–H groups in total. The van der Waals surface area contributed by atoms with E-state index in [1.807, 2.05) is 19.9 Å². The number of halogens is 1. The van der Waals surface area contributed by atoms with Crippen molar-refractivity contribution in [2.45, 2.75) is 44.2 Å². The maximum Gasteiger partial charge on any atom is 0.243 e. The summed E-state index contributed by atoms with van der Waals surface area (Å²) in [6.07, 6.45) is 1.66. The van der Waals surface area contributed by atoms with Gasteiger partial charge in [-0.2, -0.15) is 4.31 Å². The van der Waals surface area contributed by atoms with Crippen LogP contribution in [0.3, 0.4) is 0 Å². The fraction of sp³-hybridized carbons (Fsp3) is 0.333. The molecule has 23 heavy (non-hydrogen) atoms. The van der Waals surface area contributed by atoms with E-state index < -0.39 is 10.0 Å². The third-order valence-electron chi connectivity index (χ3n) is 4.32. The number of hydrogen-bond donors (Lipinski definition) is 0. The first kappa shape index (κ1) is 16.1. The van der Waals surface area contributed by atoms with Crippen LogP contribution in [0, 0.1) is 19.7 Å². The van der Waals surface area contributed by atoms with Crippen LogP contribution in [0.15, 0.2) is 47.4 Å². The summed E-state index contributed by atoms with van der Waals surface area (Å²) in [5, 5.41) is 0. The fourth-order valence-electron chi connectivity index (χ4n) is 2.58. The minimum absolute atomic E-state index is 0.0267. The molecule has 0 heterocycles. The van der Waals surface area contributed by atoms with Gasteiger partial charge in [-0.25, -0.2) is 12.8 Å². The van der Waals surface area contributed by atoms with E-state index >= 15 is 0 Å². The summed E-state index contributed by atoms with van der Waals surface area (Å²) in [5.74, 6) is -0.367. The Kier molecular flexibility index (Phi) is 4.25. The Hall–Kier alpha value is -1.72. The van der Waals surface area contributed by atoms with Crippen molar-refractivity contribution in [3.05, 3.63) is 65.0 Å². The van der Waals surface area contributed by atoms with Crippen LogP contribution in [0.25, 0.3) is 0 Å². The molecule has 2 aromatic rings. The van der Waals surface area contributed by atoms with Crippen LogP contribution >= 0.6 is 0 Å². The standard InChI is InChI=1S/C18H20FNO2S/c1-13-7-10-17(11-14(13)2)23(21,22)20(16-8-9-16)12-15-5-3-4-6-18(15)19/h3-7,10-11,16H,8-9,12H2,1-2H3. The maximum atomic E-state index is 13.9. The van der Waals surface area contributed by atoms with Gasteiger partial charge in [0.05, 0.1) is 4.90 Å². The smallest absolute Gasteiger partial charge is 0.207 e. The van der Waals surface area contributed by atoms with Crippen molar-refractivity contribution in [1.82, 2.24) is 4.31 Å². The molecular weight excluding hydrogens is 313 g/mol. The highest BCUT2D eigenvalue weighted by Crippen LogP contribution is 2.34. The van der Waals surface area contributed by atoms with E-state index in [0.717, 1.165) is 24.0 Å². The zero-order chi connectivity index (χ0) is 16.6. The van der Waals surface area contributed by atoms with Gasteiger partial charge in [0.25, 0.3) is 0 Å². The molecule has 3 rings (SSSR count). The average molecular weight is 333 g/mol. The first-order valence-corrected chi connectivity index (χ1v) is 9.16. The average Bonchev–Trinajstić information content (AvgIpc) is 3.33. The highest BCUT2D eigenvalue weighted by atomic mass is 32.2. The number of rotatable bonds is 5. The third-order valence-corrected chi connectivity index (χ3v) is 6.22. The van der Waals surface area contributed by atoms with Crippen molar-refractivity contribution in [1.29, 1.82) is 0 Å². The topological polar surface area (TPSA) is 37.4 Å². The molecule has 1 saturated carbocycles. The van der Waals surface area contributed by atoms with Gasteiger partial charge >= 0.3 is 0 Å². The number of benzene rings is 2. The SMILES string of the molecule is Cc1ccc(S(=O)(=O)N(Cc2ccccc2F)C2CC2)cc1C. The zero-order valence-electron chi connectivity index (χ0n) is 13.3. The van der Waals surface area contributed by atoms with Gasteiger partial charge in [-0.1, -0.05) is 24.3 Å². The van der Waals surface area contributed by atoms with Gasteiger partial charge in [0.2, 0.25) is 10.0 Å². The van der Waals surface area contributed by atoms with Crippen LogP contribution in [0.5, 0.6) is 0 Å². The monoisotopic (exact) mass is 333 g/mol. The molecule has 0 spiro atoms. The first-order valence-electron chi connectivity index (χ1n) is 7.72. The molecular formula is C18H20FNO2S. The summed E-state index contributed by atoms with van der Waals surface area (Å²) in [6, 6.07) is 11.5. The van der Waals surface area contributed by atoms with E-state index in [2.05, 4.69) is 0 Å². The van der Waals surface area contributed by atoms with Crippen molar-refractivity contribution in [3.8, 4) is 0 Å². The molecule has 5 heteroatoms. The van der Waals surface area contributed by atoms with Gasteiger partial charge in [-0.3, -0.25) is 0 Å². The summed E-state index contributed by atoms with van der Waals surface area (Å²) >= 11 is 0. The van der Waals surface area contributed by atoms with Crippen molar-refractivity contribution in [3.63, 3.8) is 0 Å². The second-order valence-electron chi connectivity index (χ2n) is 6.12. The number of nitrogens with zero attached hydrogens (tertiary/aromatic N) is 1. The van der Waals surface area contributed by atoms with E-state index in [4.69, 9.17) is 0 Å². The minimum Gasteiger partial charge on any atom is -0.207 e. The molecule has 0 aromatic heterocycles. The quantitative estimate of drug-likeness (QED) is 0.835. The molecule has 0 aliphatic heterocycles. The van der Waals surface area contributed by atoms with Crippen molar-refractivity contribution >= 4 is 10.0 Å². The minimum atomic E-state index is -3.63. The Morgan fingerprint density at radius 1 is 1.09 bits per heavy atom. The maximum absolute atomic E-state index is 13.9. The fourth-order valence-corrected chi connectivity index (χ4v) is 4.33. The molecule has 0 bridgehead atoms. The Morgan fingerprint density at radius 2 is 1.78 bits per heavy atom. The lowest BCUT2D eigenvalue weighted by Crippen LogP contribution is -2.33. The van der Waals surface area contributed by atoms with Crippen molar-refractivity contribution in [2.24, 2.45) is 0 Å². The third kappa shape index (κ3) is 3.31. The second kappa shape index (κ2) is 6.06. The molecule has 2 aromatic carbocycles. The molecule has 0 unspecified atom stereocenters. The second-order valence-corrected chi connectivity index (χ2v) is 8.01. The van der Waals surface area contributed by atoms with Crippen LogP contribution in [-0.2, 0) is 16.6 Å². The highest BCUT2D eigenvalue weighted by molar-refractivity contribution is 7.89. The van der Waals surface area contributed by atoms with Crippen LogP contribution in [0.4, 0.5) is 4.39 Å². The molecule has 0 radical (unpaired) electrons. The summed E-state index contributed by atoms with van der Waals surface area (Å²) in [7, 11) is -3.63. The number of aryl methyl sites for hydroxylation is 2. The van der Waals surface area contributed by atoms with E-state index in [9.17, 15) is 12.8 Å². The molecule has 0 saturated heterocycles. The van der Waals surface area contributed by atoms with Gasteiger partial charge in [-0.05, 0) is 56.0 Å². The van der Waals surface area contributed by atoms with Crippen molar-refractivity contribution < 1.29 is 12.8 Å². The molecule has 1 fully saturated rings. The molecule has 3 nitrogen and oxygen atoms in total. The molecule has 1 aliphatic carbocycles. The molecule has 122 valence electrons. The van der Waals surface area contributed by atoms with Crippen LogP contribution in [0.1, 0.15) is 29.5 Å². The van der Waals surface area contributed by atoms with Gasteiger partial charge in [0.1, 0.15) is 5.82 Å². The lowest BCUT2D eigenvalue weighted by molar-refractivity contribution is 0.391. The summed E-state index contributed by atoms with van der Waals surface area (Å²) in [5.41, 5.74) is 2.40. The summed E-state index contributed by atoms with van der Waals surface area (Å²) < 4.78 is 41.4. The Balaban J connectivity index is 1.97. The van der Waals surface area contributed by atoms with Crippen LogP contribution in [-0.4, -0.2) is 18.8 Å². The largest absolute Gasteiger partial charge is 0.243 e. The van der Waals surface area contributed by atoms with E-state index in [-0.39, 0.29) is 23.3 Å². The molecule has 1 aliphatic rings. The first-order chi connectivity index (χ1) is 10.9. The van der Waals surface area contributed by atoms with Gasteiger partial charge in [-0.15, -0.1) is 0 Å². The van der Waals surface area contributed by atoms with E-state index in [0.29, 0.717) is 5.56 Å². The van der Waals surface area contributed by atoms with Gasteiger partial charge < -0.3 is 0 Å². The Labute approximate surface area is 136 Å². The van der Waals surface area contributed by atoms with Gasteiger partial charge in [0, 0.05) is 18.2 Å². The highest BCUT2D eigenvalue weighted by Gasteiger charge is 2.38. The summed E-state index contributed by atoms with van der Waals surface area (Å²) in [6.45, 7) is 3.92. The Bertz CT molecular complexity index is 829. The van der Waals surface area contributed by atoms with Crippen molar-refractivity contribution in [2.75, 3.05) is 0 Å². The Morgan fingerprint density at radius 3 is 2.39 bits per heavy atom. The van der Waals surface area contributed by atoms with E-state index in [1.165, 1.54) is 10.4 Å². The van der Waals surface area contributed by atoms with E-state index in [1.54, 1.807) is 30.3 Å². The number of sulfonamides is 1. The predicted molar refractivity (Wildman–Crippen MR) is 88.1 cm³/mol. The lowest BCUT2D eigenvalue weighted by Gasteiger charge is -2.22. The predicted octanol–water partition coefficient (Wildman–Crippen LogP) is 3.80. The lowest BCUT2D eigenvalue weighted by atomic mass is 10.1. The number of hydrogen-bond acceptors (Lipinski definition) is 2. The molecule has 0 atom stereocenters. The van der Waals surface area contributed by atoms with Crippen LogP contribution < -0.4 is 0 Å². The zero-order valence-corrected chi connectivity index (χ0v) is 14.1.